The van der Waals surface area contributed by atoms with Crippen molar-refractivity contribution in [3.8, 4) is 11.8 Å². The van der Waals surface area contributed by atoms with Gasteiger partial charge in [-0.3, -0.25) is 14.3 Å². The van der Waals surface area contributed by atoms with Gasteiger partial charge in [-0.1, -0.05) is 5.92 Å². The van der Waals surface area contributed by atoms with Crippen molar-refractivity contribution in [2.45, 2.75) is 30.9 Å². The van der Waals surface area contributed by atoms with Crippen LogP contribution in [0.5, 0.6) is 0 Å². The zero-order valence-corrected chi connectivity index (χ0v) is 12.2. The number of hydrogen-bond donors (Lipinski definition) is 5. The molecule has 23 heavy (non-hydrogen) atoms. The lowest BCUT2D eigenvalue weighted by Gasteiger charge is -2.27. The number of nitrogens with zero attached hydrogens (tertiary/aromatic N) is 3. The normalized spacial score (nSPS) is 30.3. The zero-order chi connectivity index (χ0) is 16.8. The largest absolute Gasteiger partial charge is 0.394 e. The number of H-pyrrole nitrogens is 1. The molecule has 10 heteroatoms. The van der Waals surface area contributed by atoms with Gasteiger partial charge in [-0.2, -0.15) is 4.98 Å². The fraction of sp³-hybridized carbons (Fsp3) is 0.462. The van der Waals surface area contributed by atoms with Crippen LogP contribution < -0.4 is 17.0 Å². The van der Waals surface area contributed by atoms with Crippen molar-refractivity contribution in [2.75, 3.05) is 12.3 Å². The van der Waals surface area contributed by atoms with E-state index in [-0.39, 0.29) is 17.1 Å². The number of aromatic nitrogens is 4. The highest BCUT2D eigenvalue weighted by atomic mass is 16.5. The van der Waals surface area contributed by atoms with Crippen molar-refractivity contribution in [2.24, 2.45) is 5.73 Å². The zero-order valence-electron chi connectivity index (χ0n) is 12.2. The number of ether oxygens (including phenoxy) is 1. The minimum Gasteiger partial charge on any atom is -0.394 e. The predicted molar refractivity (Wildman–Crippen MR) is 79.9 cm³/mol. The molecule has 1 saturated heterocycles. The Hall–Kier alpha value is -2.45. The second-order valence-corrected chi connectivity index (χ2v) is 5.24. The SMILES string of the molecule is CC#CC1(N)C(O)[C@@H](CO)O[C@H]1n1cnc2c(=O)[nH]c(N)nc21. The van der Waals surface area contributed by atoms with Gasteiger partial charge in [0.2, 0.25) is 5.95 Å². The van der Waals surface area contributed by atoms with E-state index in [1.165, 1.54) is 10.9 Å². The number of aliphatic hydroxyl groups excluding tert-OH is 2. The Bertz CT molecular complexity index is 865. The third-order valence-electron chi connectivity index (χ3n) is 3.78. The van der Waals surface area contributed by atoms with Crippen LogP contribution in [0.2, 0.25) is 0 Å². The molecular weight excluding hydrogens is 304 g/mol. The standard InChI is InChI=1S/C13H16N6O4/c1-2-3-13(15)8(21)6(4-20)23-11(13)19-5-16-7-9(19)17-12(14)18-10(7)22/h5-6,8,11,20-21H,4,15H2,1H3,(H3,14,17,18,22)/t6-,8?,11-,13?/m1/s1. The van der Waals surface area contributed by atoms with Gasteiger partial charge in [0.15, 0.2) is 22.9 Å². The van der Waals surface area contributed by atoms with Gasteiger partial charge in [0.25, 0.3) is 5.56 Å². The Morgan fingerprint density at radius 1 is 1.61 bits per heavy atom. The maximum absolute atomic E-state index is 11.9. The minimum absolute atomic E-state index is 0.0524. The number of nitrogens with two attached hydrogens (primary N) is 2. The number of nitrogens with one attached hydrogen (secondary N) is 1. The van der Waals surface area contributed by atoms with E-state index in [2.05, 4.69) is 26.8 Å². The molecule has 4 atom stereocenters. The van der Waals surface area contributed by atoms with Crippen molar-refractivity contribution in [1.82, 2.24) is 19.5 Å². The number of aliphatic hydroxyl groups is 2. The summed E-state index contributed by atoms with van der Waals surface area (Å²) in [7, 11) is 0. The number of anilines is 1. The van der Waals surface area contributed by atoms with E-state index in [0.29, 0.717) is 0 Å². The molecule has 122 valence electrons. The number of aromatic amines is 1. The van der Waals surface area contributed by atoms with Crippen LogP contribution in [0.25, 0.3) is 11.2 Å². The monoisotopic (exact) mass is 320 g/mol. The molecular formula is C13H16N6O4. The lowest BCUT2D eigenvalue weighted by atomic mass is 9.91. The van der Waals surface area contributed by atoms with Gasteiger partial charge in [0.05, 0.1) is 12.9 Å². The molecule has 3 rings (SSSR count). The first-order valence-corrected chi connectivity index (χ1v) is 6.82. The highest BCUT2D eigenvalue weighted by Gasteiger charge is 2.54. The van der Waals surface area contributed by atoms with Crippen LogP contribution in [0.1, 0.15) is 13.2 Å². The lowest BCUT2D eigenvalue weighted by Crippen LogP contribution is -2.53. The Balaban J connectivity index is 2.20. The molecule has 2 aromatic heterocycles. The Morgan fingerprint density at radius 2 is 2.35 bits per heavy atom. The molecule has 1 aliphatic heterocycles. The quantitative estimate of drug-likeness (QED) is 0.384. The first-order chi connectivity index (χ1) is 10.9. The van der Waals surface area contributed by atoms with Gasteiger partial charge < -0.3 is 26.4 Å². The van der Waals surface area contributed by atoms with Crippen LogP contribution in [-0.4, -0.2) is 54.1 Å². The fourth-order valence-corrected chi connectivity index (χ4v) is 2.71. The predicted octanol–water partition coefficient (Wildman–Crippen LogP) is -2.33. The highest BCUT2D eigenvalue weighted by Crippen LogP contribution is 2.37. The summed E-state index contributed by atoms with van der Waals surface area (Å²) < 4.78 is 7.00. The van der Waals surface area contributed by atoms with Crippen molar-refractivity contribution < 1.29 is 14.9 Å². The Labute approximate surface area is 130 Å². The van der Waals surface area contributed by atoms with Gasteiger partial charge in [0, 0.05) is 0 Å². The average molecular weight is 320 g/mol. The molecule has 0 amide bonds. The molecule has 1 fully saturated rings. The van der Waals surface area contributed by atoms with Gasteiger partial charge >= 0.3 is 0 Å². The van der Waals surface area contributed by atoms with Crippen LogP contribution in [0.3, 0.4) is 0 Å². The second-order valence-electron chi connectivity index (χ2n) is 5.24. The molecule has 0 aromatic carbocycles. The van der Waals surface area contributed by atoms with Crippen LogP contribution in [-0.2, 0) is 4.74 Å². The first-order valence-electron chi connectivity index (χ1n) is 6.82. The van der Waals surface area contributed by atoms with Gasteiger partial charge in [-0.25, -0.2) is 4.98 Å². The Kier molecular flexibility index (Phi) is 3.57. The molecule has 10 nitrogen and oxygen atoms in total. The van der Waals surface area contributed by atoms with E-state index in [1.54, 1.807) is 6.92 Å². The molecule has 2 unspecified atom stereocenters. The van der Waals surface area contributed by atoms with E-state index < -0.39 is 36.1 Å². The summed E-state index contributed by atoms with van der Waals surface area (Å²) in [6.45, 7) is 1.13. The number of fused-ring (bicyclic) bond motifs is 1. The van der Waals surface area contributed by atoms with E-state index in [4.69, 9.17) is 16.2 Å². The molecule has 0 aliphatic carbocycles. The second kappa shape index (κ2) is 5.32. The van der Waals surface area contributed by atoms with Crippen molar-refractivity contribution in [1.29, 1.82) is 0 Å². The first kappa shape index (κ1) is 15.4. The Morgan fingerprint density at radius 3 is 3.00 bits per heavy atom. The van der Waals surface area contributed by atoms with Gasteiger partial charge in [0.1, 0.15) is 12.2 Å². The highest BCUT2D eigenvalue weighted by molar-refractivity contribution is 5.70. The average Bonchev–Trinajstić information content (AvgIpc) is 3.01. The van der Waals surface area contributed by atoms with E-state index in [1.807, 2.05) is 0 Å². The molecule has 0 saturated carbocycles. The van der Waals surface area contributed by atoms with Gasteiger partial charge in [-0.05, 0) is 6.92 Å². The smallest absolute Gasteiger partial charge is 0.280 e. The maximum atomic E-state index is 11.9. The summed E-state index contributed by atoms with van der Waals surface area (Å²) >= 11 is 0. The van der Waals surface area contributed by atoms with E-state index >= 15 is 0 Å². The molecule has 1 aliphatic rings. The molecule has 0 spiro atoms. The summed E-state index contributed by atoms with van der Waals surface area (Å²) in [5, 5.41) is 19.7. The molecule has 3 heterocycles. The summed E-state index contributed by atoms with van der Waals surface area (Å²) in [5.41, 5.74) is 9.98. The number of rotatable bonds is 2. The fourth-order valence-electron chi connectivity index (χ4n) is 2.71. The number of nitrogen functional groups attached to an aromatic ring is 1. The van der Waals surface area contributed by atoms with Crippen molar-refractivity contribution in [3.63, 3.8) is 0 Å². The summed E-state index contributed by atoms with van der Waals surface area (Å²) in [5.74, 6) is 5.27. The number of hydrogen-bond acceptors (Lipinski definition) is 8. The summed E-state index contributed by atoms with van der Waals surface area (Å²) in [4.78, 5) is 22.2. The van der Waals surface area contributed by atoms with Crippen molar-refractivity contribution >= 4 is 17.1 Å². The van der Waals surface area contributed by atoms with E-state index in [0.717, 1.165) is 0 Å². The van der Waals surface area contributed by atoms with Crippen LogP contribution in [0, 0.1) is 11.8 Å². The van der Waals surface area contributed by atoms with Crippen LogP contribution in [0.4, 0.5) is 5.95 Å². The molecule has 2 aromatic rings. The van der Waals surface area contributed by atoms with E-state index in [9.17, 15) is 15.0 Å². The third-order valence-corrected chi connectivity index (χ3v) is 3.78. The molecule has 0 bridgehead atoms. The van der Waals surface area contributed by atoms with Crippen LogP contribution in [0.15, 0.2) is 11.1 Å². The summed E-state index contributed by atoms with van der Waals surface area (Å²) in [6, 6.07) is 0. The topological polar surface area (TPSA) is 165 Å². The molecule has 7 N–H and O–H groups in total. The van der Waals surface area contributed by atoms with Gasteiger partial charge in [-0.15, -0.1) is 5.92 Å². The summed E-state index contributed by atoms with van der Waals surface area (Å²) in [6.07, 6.45) is -1.85. The maximum Gasteiger partial charge on any atom is 0.280 e. The number of imidazole rings is 1. The molecule has 0 radical (unpaired) electrons. The third kappa shape index (κ3) is 2.18. The van der Waals surface area contributed by atoms with Crippen molar-refractivity contribution in [3.05, 3.63) is 16.7 Å². The minimum atomic E-state index is -1.51. The lowest BCUT2D eigenvalue weighted by molar-refractivity contribution is -0.0447. The van der Waals surface area contributed by atoms with Crippen LogP contribution >= 0.6 is 0 Å².